The number of nitrogens with two attached hydrogens (primary N) is 1. The molecule has 0 heterocycles. The van der Waals surface area contributed by atoms with Crippen LogP contribution in [0.3, 0.4) is 0 Å². The third-order valence-corrected chi connectivity index (χ3v) is 3.87. The van der Waals surface area contributed by atoms with Gasteiger partial charge in [-0.15, -0.1) is 0 Å². The third-order valence-electron chi connectivity index (χ3n) is 3.19. The van der Waals surface area contributed by atoms with Gasteiger partial charge >= 0.3 is 0 Å². The van der Waals surface area contributed by atoms with Crippen LogP contribution in [0.2, 0.25) is 0 Å². The Kier molecular flexibility index (Phi) is 7.62. The van der Waals surface area contributed by atoms with Crippen molar-refractivity contribution in [2.45, 2.75) is 32.6 Å². The van der Waals surface area contributed by atoms with E-state index in [9.17, 15) is 4.79 Å². The molecule has 3 N–H and O–H groups in total. The maximum absolute atomic E-state index is 12.4. The van der Waals surface area contributed by atoms with Crippen LogP contribution in [0, 0.1) is 0 Å². The molecule has 0 bridgehead atoms. The number of nitrogens with zero attached hydrogens (tertiary/aromatic N) is 1. The Bertz CT molecular complexity index is 438. The molecule has 1 aromatic carbocycles. The number of halogens is 1. The number of nitrogen functional groups attached to an aromatic ring is 1. The van der Waals surface area contributed by atoms with Crippen LogP contribution in [0.15, 0.2) is 22.7 Å². The van der Waals surface area contributed by atoms with Gasteiger partial charge in [0.25, 0.3) is 5.91 Å². The number of hydrogen-bond donors (Lipinski definition) is 2. The first kappa shape index (κ1) is 17.0. The Morgan fingerprint density at radius 1 is 1.30 bits per heavy atom. The van der Waals surface area contributed by atoms with Crippen molar-refractivity contribution in [2.24, 2.45) is 0 Å². The van der Waals surface area contributed by atoms with Crippen LogP contribution < -0.4 is 5.73 Å². The van der Waals surface area contributed by atoms with Gasteiger partial charge in [0.05, 0.1) is 6.61 Å². The number of anilines is 1. The lowest BCUT2D eigenvalue weighted by atomic mass is 10.1. The second kappa shape index (κ2) is 8.97. The molecule has 112 valence electrons. The first-order valence-electron chi connectivity index (χ1n) is 7.05. The fourth-order valence-electron chi connectivity index (χ4n) is 2.01. The molecular weight excluding hydrogens is 320 g/mol. The average molecular weight is 343 g/mol. The van der Waals surface area contributed by atoms with Gasteiger partial charge in [-0.3, -0.25) is 4.79 Å². The molecule has 1 rings (SSSR count). The summed E-state index contributed by atoms with van der Waals surface area (Å²) in [4.78, 5) is 14.1. The van der Waals surface area contributed by atoms with Crippen LogP contribution in [-0.2, 0) is 0 Å². The second-order valence-corrected chi connectivity index (χ2v) is 5.67. The maximum Gasteiger partial charge on any atom is 0.253 e. The Morgan fingerprint density at radius 2 is 2.05 bits per heavy atom. The highest BCUT2D eigenvalue weighted by Crippen LogP contribution is 2.21. The van der Waals surface area contributed by atoms with Crippen molar-refractivity contribution in [3.8, 4) is 0 Å². The van der Waals surface area contributed by atoms with Gasteiger partial charge in [0.15, 0.2) is 0 Å². The predicted molar refractivity (Wildman–Crippen MR) is 85.7 cm³/mol. The molecule has 0 unspecified atom stereocenters. The first-order valence-corrected chi connectivity index (χ1v) is 7.84. The molecule has 0 fully saturated rings. The summed E-state index contributed by atoms with van der Waals surface area (Å²) < 4.78 is 0.721. The lowest BCUT2D eigenvalue weighted by Crippen LogP contribution is -2.34. The average Bonchev–Trinajstić information content (AvgIpc) is 2.44. The van der Waals surface area contributed by atoms with E-state index in [-0.39, 0.29) is 12.5 Å². The van der Waals surface area contributed by atoms with Crippen LogP contribution in [0.1, 0.15) is 43.0 Å². The zero-order chi connectivity index (χ0) is 15.0. The maximum atomic E-state index is 12.4. The van der Waals surface area contributed by atoms with E-state index in [4.69, 9.17) is 10.8 Å². The van der Waals surface area contributed by atoms with E-state index >= 15 is 0 Å². The number of aliphatic hydroxyl groups is 1. The summed E-state index contributed by atoms with van der Waals surface area (Å²) in [6.07, 6.45) is 4.42. The van der Waals surface area contributed by atoms with Crippen molar-refractivity contribution in [1.82, 2.24) is 4.90 Å². The molecule has 0 aromatic heterocycles. The molecule has 1 aromatic rings. The Morgan fingerprint density at radius 3 is 2.65 bits per heavy atom. The number of hydrogen-bond acceptors (Lipinski definition) is 3. The molecule has 20 heavy (non-hydrogen) atoms. The van der Waals surface area contributed by atoms with E-state index in [0.717, 1.165) is 17.3 Å². The molecule has 5 heteroatoms. The number of amides is 1. The zero-order valence-electron chi connectivity index (χ0n) is 11.9. The van der Waals surface area contributed by atoms with Crippen LogP contribution in [0.4, 0.5) is 5.69 Å². The first-order chi connectivity index (χ1) is 9.60. The molecule has 1 amide bonds. The highest BCUT2D eigenvalue weighted by Gasteiger charge is 2.15. The van der Waals surface area contributed by atoms with Gasteiger partial charge in [-0.1, -0.05) is 26.2 Å². The van der Waals surface area contributed by atoms with Crippen LogP contribution in [-0.4, -0.2) is 35.6 Å². The molecule has 0 saturated heterocycles. The van der Waals surface area contributed by atoms with Crippen LogP contribution in [0.25, 0.3) is 0 Å². The molecular formula is C15H23BrN2O2. The van der Waals surface area contributed by atoms with Crippen LogP contribution in [0.5, 0.6) is 0 Å². The minimum absolute atomic E-state index is 0.0182. The predicted octanol–water partition coefficient (Wildman–Crippen LogP) is 3.05. The summed E-state index contributed by atoms with van der Waals surface area (Å²) in [6, 6.07) is 5.17. The third kappa shape index (κ3) is 5.13. The summed E-state index contributed by atoms with van der Waals surface area (Å²) in [5, 5.41) is 9.11. The Hall–Kier alpha value is -1.07. The van der Waals surface area contributed by atoms with Crippen LogP contribution >= 0.6 is 15.9 Å². The van der Waals surface area contributed by atoms with Crippen molar-refractivity contribution < 1.29 is 9.90 Å². The highest BCUT2D eigenvalue weighted by atomic mass is 79.9. The van der Waals surface area contributed by atoms with E-state index in [1.54, 1.807) is 23.1 Å². The van der Waals surface area contributed by atoms with E-state index in [1.165, 1.54) is 12.8 Å². The van der Waals surface area contributed by atoms with Gasteiger partial charge in [-0.05, 0) is 40.5 Å². The van der Waals surface area contributed by atoms with Gasteiger partial charge in [0, 0.05) is 28.8 Å². The van der Waals surface area contributed by atoms with E-state index in [1.807, 2.05) is 0 Å². The highest BCUT2D eigenvalue weighted by molar-refractivity contribution is 9.10. The van der Waals surface area contributed by atoms with Gasteiger partial charge in [0.2, 0.25) is 0 Å². The lowest BCUT2D eigenvalue weighted by molar-refractivity contribution is 0.0718. The summed E-state index contributed by atoms with van der Waals surface area (Å²) >= 11 is 3.33. The summed E-state index contributed by atoms with van der Waals surface area (Å²) in [7, 11) is 0. The van der Waals surface area contributed by atoms with Crippen molar-refractivity contribution in [1.29, 1.82) is 0 Å². The molecule has 0 atom stereocenters. The summed E-state index contributed by atoms with van der Waals surface area (Å²) in [5.74, 6) is -0.0590. The molecule has 0 radical (unpaired) electrons. The number of aliphatic hydroxyl groups excluding tert-OH is 1. The lowest BCUT2D eigenvalue weighted by Gasteiger charge is -2.22. The SMILES string of the molecule is CCCCCCN(CCO)C(=O)c1ccc(N)c(Br)c1. The molecule has 0 spiro atoms. The number of unbranched alkanes of at least 4 members (excludes halogenated alkanes) is 3. The van der Waals surface area contributed by atoms with E-state index in [0.29, 0.717) is 24.3 Å². The minimum Gasteiger partial charge on any atom is -0.398 e. The monoisotopic (exact) mass is 342 g/mol. The number of carbonyl (C=O) groups excluding carboxylic acids is 1. The van der Waals surface area contributed by atoms with Gasteiger partial charge in [-0.25, -0.2) is 0 Å². The van der Waals surface area contributed by atoms with Crippen molar-refractivity contribution in [3.63, 3.8) is 0 Å². The normalized spacial score (nSPS) is 10.6. The van der Waals surface area contributed by atoms with Crippen molar-refractivity contribution in [3.05, 3.63) is 28.2 Å². The standard InChI is InChI=1S/C15H23BrN2O2/c1-2-3-4-5-8-18(9-10-19)15(20)12-6-7-14(17)13(16)11-12/h6-7,11,19H,2-5,8-10,17H2,1H3. The molecule has 0 saturated carbocycles. The van der Waals surface area contributed by atoms with E-state index < -0.39 is 0 Å². The minimum atomic E-state index is -0.0590. The number of carbonyl (C=O) groups is 1. The van der Waals surface area contributed by atoms with E-state index in [2.05, 4.69) is 22.9 Å². The molecule has 0 aliphatic rings. The Balaban J connectivity index is 2.69. The number of benzene rings is 1. The molecule has 0 aliphatic heterocycles. The molecule has 4 nitrogen and oxygen atoms in total. The Labute approximate surface area is 129 Å². The second-order valence-electron chi connectivity index (χ2n) is 4.81. The topological polar surface area (TPSA) is 66.6 Å². The smallest absolute Gasteiger partial charge is 0.253 e. The quantitative estimate of drug-likeness (QED) is 0.563. The number of rotatable bonds is 8. The fourth-order valence-corrected chi connectivity index (χ4v) is 2.39. The van der Waals surface area contributed by atoms with Gasteiger partial charge < -0.3 is 15.7 Å². The van der Waals surface area contributed by atoms with Gasteiger partial charge in [0.1, 0.15) is 0 Å². The fraction of sp³-hybridized carbons (Fsp3) is 0.533. The summed E-state index contributed by atoms with van der Waals surface area (Å²) in [5.41, 5.74) is 6.93. The summed E-state index contributed by atoms with van der Waals surface area (Å²) in [6.45, 7) is 3.19. The van der Waals surface area contributed by atoms with Crippen molar-refractivity contribution in [2.75, 3.05) is 25.4 Å². The molecule has 0 aliphatic carbocycles. The van der Waals surface area contributed by atoms with Gasteiger partial charge in [-0.2, -0.15) is 0 Å². The zero-order valence-corrected chi connectivity index (χ0v) is 13.5. The van der Waals surface area contributed by atoms with Crippen molar-refractivity contribution >= 4 is 27.5 Å². The largest absolute Gasteiger partial charge is 0.398 e.